The Morgan fingerprint density at radius 1 is 1.36 bits per heavy atom. The van der Waals surface area contributed by atoms with Crippen molar-refractivity contribution in [3.63, 3.8) is 0 Å². The summed E-state index contributed by atoms with van der Waals surface area (Å²) in [5.41, 5.74) is 0.984. The van der Waals surface area contributed by atoms with Gasteiger partial charge in [-0.1, -0.05) is 6.07 Å². The van der Waals surface area contributed by atoms with Crippen molar-refractivity contribution in [2.45, 2.75) is 57.0 Å². The molecule has 3 atom stereocenters. The molecule has 1 saturated carbocycles. The second-order valence-electron chi connectivity index (χ2n) is 10.4. The molecule has 3 heterocycles. The molecule has 36 heavy (non-hydrogen) atoms. The van der Waals surface area contributed by atoms with Crippen LogP contribution in [-0.2, 0) is 14.3 Å². The lowest BCUT2D eigenvalue weighted by Gasteiger charge is -2.32. The first kappa shape index (κ1) is 24.3. The molecule has 2 aromatic rings. The van der Waals surface area contributed by atoms with Gasteiger partial charge in [-0.25, -0.2) is 0 Å². The number of amides is 2. The van der Waals surface area contributed by atoms with Gasteiger partial charge in [0.05, 0.1) is 13.2 Å². The van der Waals surface area contributed by atoms with Crippen LogP contribution in [0, 0.1) is 22.7 Å². The first-order valence-corrected chi connectivity index (χ1v) is 12.7. The zero-order valence-corrected chi connectivity index (χ0v) is 20.5. The van der Waals surface area contributed by atoms with Crippen LogP contribution in [0.2, 0.25) is 0 Å². The van der Waals surface area contributed by atoms with Crippen LogP contribution in [0.5, 0.6) is 5.75 Å². The van der Waals surface area contributed by atoms with Gasteiger partial charge in [0, 0.05) is 43.0 Å². The molecule has 9 nitrogen and oxygen atoms in total. The van der Waals surface area contributed by atoms with Crippen LogP contribution in [0.15, 0.2) is 24.3 Å². The minimum Gasteiger partial charge on any atom is -0.496 e. The second kappa shape index (κ2) is 9.94. The Hall–Kier alpha value is -3.38. The Balaban J connectivity index is 1.39. The SMILES string of the molecule is COc1cccc2[nH]c(C(=O)N3CC4(CCOCC4)CC3C(=O)N[C@H](C#N)C[C@@H]3CCCC3=O)cc12. The summed E-state index contributed by atoms with van der Waals surface area (Å²) >= 11 is 0. The molecular formula is C27H32N4O5. The number of hydrogen-bond donors (Lipinski definition) is 2. The van der Waals surface area contributed by atoms with E-state index >= 15 is 0 Å². The molecule has 2 N–H and O–H groups in total. The number of nitrogens with zero attached hydrogens (tertiary/aromatic N) is 2. The van der Waals surface area contributed by atoms with Gasteiger partial charge < -0.3 is 24.7 Å². The number of fused-ring (bicyclic) bond motifs is 1. The summed E-state index contributed by atoms with van der Waals surface area (Å²) in [6, 6.07) is 8.04. The van der Waals surface area contributed by atoms with Crippen LogP contribution in [-0.4, -0.2) is 66.4 Å². The minimum atomic E-state index is -0.759. The smallest absolute Gasteiger partial charge is 0.271 e. The molecule has 2 amide bonds. The van der Waals surface area contributed by atoms with Crippen molar-refractivity contribution in [3.8, 4) is 11.8 Å². The summed E-state index contributed by atoms with van der Waals surface area (Å²) in [6.07, 6.45) is 4.54. The average Bonchev–Trinajstić information content (AvgIpc) is 3.60. The summed E-state index contributed by atoms with van der Waals surface area (Å²) in [5, 5.41) is 13.4. The van der Waals surface area contributed by atoms with Crippen molar-refractivity contribution in [2.75, 3.05) is 26.9 Å². The van der Waals surface area contributed by atoms with Gasteiger partial charge in [0.15, 0.2) is 0 Å². The number of ketones is 1. The molecule has 9 heteroatoms. The van der Waals surface area contributed by atoms with Gasteiger partial charge >= 0.3 is 0 Å². The number of aromatic nitrogens is 1. The molecule has 1 aliphatic carbocycles. The summed E-state index contributed by atoms with van der Waals surface area (Å²) in [7, 11) is 1.59. The topological polar surface area (TPSA) is 125 Å². The number of H-pyrrole nitrogens is 1. The van der Waals surface area contributed by atoms with E-state index in [9.17, 15) is 19.6 Å². The molecule has 190 valence electrons. The number of hydrogen-bond acceptors (Lipinski definition) is 6. The number of carbonyl (C=O) groups is 3. The fourth-order valence-corrected chi connectivity index (χ4v) is 6.08. The lowest BCUT2D eigenvalue weighted by Crippen LogP contribution is -2.49. The summed E-state index contributed by atoms with van der Waals surface area (Å²) < 4.78 is 11.0. The molecule has 0 radical (unpaired) electrons. The van der Waals surface area contributed by atoms with Crippen molar-refractivity contribution in [1.82, 2.24) is 15.2 Å². The zero-order valence-electron chi connectivity index (χ0n) is 20.5. The number of likely N-dealkylation sites (tertiary alicyclic amines) is 1. The van der Waals surface area contributed by atoms with Gasteiger partial charge in [-0.15, -0.1) is 0 Å². The fourth-order valence-electron chi connectivity index (χ4n) is 6.08. The number of nitriles is 1. The molecule has 3 aliphatic rings. The van der Waals surface area contributed by atoms with E-state index in [1.165, 1.54) is 0 Å². The summed E-state index contributed by atoms with van der Waals surface area (Å²) in [4.78, 5) is 44.2. The third kappa shape index (κ3) is 4.58. The third-order valence-corrected chi connectivity index (χ3v) is 8.12. The fraction of sp³-hybridized carbons (Fsp3) is 0.556. The Labute approximate surface area is 210 Å². The van der Waals surface area contributed by atoms with E-state index in [-0.39, 0.29) is 28.9 Å². The molecule has 1 unspecified atom stereocenters. The van der Waals surface area contributed by atoms with Crippen molar-refractivity contribution in [2.24, 2.45) is 11.3 Å². The van der Waals surface area contributed by atoms with E-state index in [0.29, 0.717) is 50.5 Å². The molecule has 1 spiro atoms. The maximum Gasteiger partial charge on any atom is 0.271 e. The number of benzene rings is 1. The maximum atomic E-state index is 13.8. The van der Waals surface area contributed by atoms with Crippen molar-refractivity contribution in [3.05, 3.63) is 30.0 Å². The highest BCUT2D eigenvalue weighted by atomic mass is 16.5. The highest BCUT2D eigenvalue weighted by Crippen LogP contribution is 2.43. The lowest BCUT2D eigenvalue weighted by molar-refractivity contribution is -0.126. The lowest BCUT2D eigenvalue weighted by atomic mass is 9.78. The maximum absolute atomic E-state index is 13.8. The quantitative estimate of drug-likeness (QED) is 0.639. The molecular weight excluding hydrogens is 460 g/mol. The highest BCUT2D eigenvalue weighted by Gasteiger charge is 2.49. The zero-order chi connectivity index (χ0) is 25.3. The van der Waals surface area contributed by atoms with Crippen LogP contribution in [0.1, 0.15) is 55.4 Å². The monoisotopic (exact) mass is 492 g/mol. The number of carbonyl (C=O) groups excluding carboxylic acids is 3. The Morgan fingerprint density at radius 2 is 2.17 bits per heavy atom. The molecule has 0 bridgehead atoms. The van der Waals surface area contributed by atoms with Gasteiger partial charge in [-0.05, 0) is 62.1 Å². The number of Topliss-reactive ketones (excluding diaryl/α,β-unsaturated/α-hetero) is 1. The van der Waals surface area contributed by atoms with E-state index in [2.05, 4.69) is 16.4 Å². The van der Waals surface area contributed by atoms with Crippen molar-refractivity contribution in [1.29, 1.82) is 5.26 Å². The Kier molecular flexibility index (Phi) is 6.71. The van der Waals surface area contributed by atoms with Crippen LogP contribution < -0.4 is 10.1 Å². The summed E-state index contributed by atoms with van der Waals surface area (Å²) in [6.45, 7) is 1.66. The standard InChI is InChI=1S/C27H32N4O5/c1-35-24-7-3-5-20-19(24)13-21(30-20)26(34)31-16-27(8-10-36-11-9-27)14-22(31)25(33)29-18(15-28)12-17-4-2-6-23(17)32/h3,5,7,13,17-18,22,30H,2,4,6,8-12,14,16H2,1H3,(H,29,33)/t17-,18-,22?/m0/s1. The molecule has 1 aromatic carbocycles. The van der Waals surface area contributed by atoms with Gasteiger partial charge in [0.1, 0.15) is 29.3 Å². The molecule has 2 saturated heterocycles. The second-order valence-corrected chi connectivity index (χ2v) is 10.4. The number of methoxy groups -OCH3 is 1. The van der Waals surface area contributed by atoms with E-state index in [0.717, 1.165) is 36.6 Å². The molecule has 2 aliphatic heterocycles. The first-order valence-electron chi connectivity index (χ1n) is 12.7. The van der Waals surface area contributed by atoms with Crippen molar-refractivity contribution >= 4 is 28.5 Å². The van der Waals surface area contributed by atoms with E-state index < -0.39 is 12.1 Å². The van der Waals surface area contributed by atoms with E-state index in [4.69, 9.17) is 9.47 Å². The van der Waals surface area contributed by atoms with Gasteiger partial charge in [-0.3, -0.25) is 14.4 Å². The van der Waals surface area contributed by atoms with E-state index in [1.54, 1.807) is 18.1 Å². The molecule has 5 rings (SSSR count). The largest absolute Gasteiger partial charge is 0.496 e. The van der Waals surface area contributed by atoms with Gasteiger partial charge in [0.2, 0.25) is 5.91 Å². The average molecular weight is 493 g/mol. The molecule has 3 fully saturated rings. The van der Waals surface area contributed by atoms with Gasteiger partial charge in [0.25, 0.3) is 5.91 Å². The van der Waals surface area contributed by atoms with E-state index in [1.807, 2.05) is 18.2 Å². The third-order valence-electron chi connectivity index (χ3n) is 8.12. The van der Waals surface area contributed by atoms with Crippen LogP contribution in [0.4, 0.5) is 0 Å². The number of ether oxygens (including phenoxy) is 2. The first-order chi connectivity index (χ1) is 17.4. The van der Waals surface area contributed by atoms with Crippen LogP contribution >= 0.6 is 0 Å². The van der Waals surface area contributed by atoms with Gasteiger partial charge in [-0.2, -0.15) is 5.26 Å². The number of aromatic amines is 1. The van der Waals surface area contributed by atoms with Crippen LogP contribution in [0.25, 0.3) is 10.9 Å². The number of rotatable bonds is 6. The number of nitrogens with one attached hydrogen (secondary N) is 2. The predicted octanol–water partition coefficient (Wildman–Crippen LogP) is 2.96. The van der Waals surface area contributed by atoms with Crippen LogP contribution in [0.3, 0.4) is 0 Å². The van der Waals surface area contributed by atoms with Crippen molar-refractivity contribution < 1.29 is 23.9 Å². The molecule has 1 aromatic heterocycles. The highest BCUT2D eigenvalue weighted by molar-refractivity contribution is 6.02. The minimum absolute atomic E-state index is 0.164. The Morgan fingerprint density at radius 3 is 2.86 bits per heavy atom. The Bertz CT molecular complexity index is 1210. The summed E-state index contributed by atoms with van der Waals surface area (Å²) in [5.74, 6) is 0.0587. The predicted molar refractivity (Wildman–Crippen MR) is 131 cm³/mol. The normalized spacial score (nSPS) is 24.1.